The van der Waals surface area contributed by atoms with Gasteiger partial charge in [-0.25, -0.2) is 9.37 Å². The summed E-state index contributed by atoms with van der Waals surface area (Å²) in [5, 5.41) is 0. The summed E-state index contributed by atoms with van der Waals surface area (Å²) in [7, 11) is 0. The molecule has 1 aliphatic carbocycles. The number of nitrogens with two attached hydrogens (primary N) is 1. The number of benzene rings is 1. The summed E-state index contributed by atoms with van der Waals surface area (Å²) in [6, 6.07) is 5.11. The Hall–Kier alpha value is -2.12. The molecule has 1 aromatic heterocycles. The Bertz CT molecular complexity index is 707. The van der Waals surface area contributed by atoms with E-state index >= 15 is 0 Å². The van der Waals surface area contributed by atoms with E-state index in [1.54, 1.807) is 6.07 Å². The number of aryl methyl sites for hydroxylation is 1. The van der Waals surface area contributed by atoms with Crippen LogP contribution in [0.4, 0.5) is 4.39 Å². The monoisotopic (exact) mass is 283 g/mol. The minimum Gasteiger partial charge on any atom is -0.330 e. The third kappa shape index (κ3) is 2.98. The van der Waals surface area contributed by atoms with Crippen molar-refractivity contribution < 1.29 is 4.39 Å². The van der Waals surface area contributed by atoms with Gasteiger partial charge in [0.25, 0.3) is 0 Å². The van der Waals surface area contributed by atoms with Gasteiger partial charge in [-0.2, -0.15) is 0 Å². The number of rotatable bonds is 2. The first-order valence-electron chi connectivity index (χ1n) is 7.28. The van der Waals surface area contributed by atoms with Gasteiger partial charge in [-0.3, -0.25) is 0 Å². The van der Waals surface area contributed by atoms with Crippen LogP contribution in [-0.2, 0) is 19.4 Å². The molecule has 108 valence electrons. The molecule has 1 aromatic carbocycles. The van der Waals surface area contributed by atoms with E-state index < -0.39 is 0 Å². The zero-order valence-corrected chi connectivity index (χ0v) is 11.9. The lowest BCUT2D eigenvalue weighted by atomic mass is 10.0. The van der Waals surface area contributed by atoms with Crippen LogP contribution in [-0.4, -0.2) is 16.1 Å². The van der Waals surface area contributed by atoms with Gasteiger partial charge >= 0.3 is 0 Å². The maximum atomic E-state index is 14.2. The third-order valence-electron chi connectivity index (χ3n) is 3.84. The highest BCUT2D eigenvalue weighted by molar-refractivity contribution is 5.37. The third-order valence-corrected chi connectivity index (χ3v) is 3.84. The molecule has 0 bridgehead atoms. The van der Waals surface area contributed by atoms with Crippen molar-refractivity contribution in [1.29, 1.82) is 0 Å². The van der Waals surface area contributed by atoms with Gasteiger partial charge in [0.2, 0.25) is 0 Å². The van der Waals surface area contributed by atoms with E-state index in [0.717, 1.165) is 12.8 Å². The molecule has 0 spiro atoms. The van der Waals surface area contributed by atoms with Crippen molar-refractivity contribution >= 4 is 0 Å². The summed E-state index contributed by atoms with van der Waals surface area (Å²) in [6.45, 7) is 0.809. The zero-order chi connectivity index (χ0) is 14.7. The van der Waals surface area contributed by atoms with Crippen molar-refractivity contribution in [2.45, 2.75) is 32.2 Å². The van der Waals surface area contributed by atoms with Crippen LogP contribution in [0.5, 0.6) is 0 Å². The van der Waals surface area contributed by atoms with Crippen LogP contribution in [0.2, 0.25) is 0 Å². The Morgan fingerprint density at radius 1 is 1.29 bits per heavy atom. The Morgan fingerprint density at radius 3 is 2.95 bits per heavy atom. The quantitative estimate of drug-likeness (QED) is 0.859. The van der Waals surface area contributed by atoms with E-state index in [1.165, 1.54) is 30.3 Å². The van der Waals surface area contributed by atoms with Crippen molar-refractivity contribution in [3.8, 4) is 11.8 Å². The molecule has 3 nitrogen and oxygen atoms in total. The van der Waals surface area contributed by atoms with Crippen LogP contribution in [0.15, 0.2) is 24.5 Å². The predicted molar refractivity (Wildman–Crippen MR) is 80.3 cm³/mol. The second kappa shape index (κ2) is 6.11. The van der Waals surface area contributed by atoms with Crippen molar-refractivity contribution in [2.75, 3.05) is 6.54 Å². The molecule has 0 amide bonds. The van der Waals surface area contributed by atoms with Crippen LogP contribution in [0.25, 0.3) is 0 Å². The Balaban J connectivity index is 1.83. The summed E-state index contributed by atoms with van der Waals surface area (Å²) < 4.78 is 16.2. The molecule has 0 fully saturated rings. The number of aromatic nitrogens is 2. The highest BCUT2D eigenvalue weighted by Gasteiger charge is 2.16. The minimum absolute atomic E-state index is 0.225. The van der Waals surface area contributed by atoms with Gasteiger partial charge in [-0.05, 0) is 37.8 Å². The molecular weight excluding hydrogens is 265 g/mol. The smallest absolute Gasteiger partial charge is 0.129 e. The van der Waals surface area contributed by atoms with Gasteiger partial charge in [-0.1, -0.05) is 17.9 Å². The molecule has 0 saturated heterocycles. The van der Waals surface area contributed by atoms with Gasteiger partial charge in [0.15, 0.2) is 0 Å². The number of imidazole rings is 1. The molecule has 21 heavy (non-hydrogen) atoms. The number of hydrogen-bond acceptors (Lipinski definition) is 2. The largest absolute Gasteiger partial charge is 0.330 e. The first-order valence-corrected chi connectivity index (χ1v) is 7.28. The molecule has 2 aromatic rings. The Morgan fingerprint density at radius 2 is 2.14 bits per heavy atom. The Kier molecular flexibility index (Phi) is 4.03. The molecule has 0 saturated carbocycles. The van der Waals surface area contributed by atoms with Crippen LogP contribution >= 0.6 is 0 Å². The molecule has 0 atom stereocenters. The summed E-state index contributed by atoms with van der Waals surface area (Å²) in [4.78, 5) is 4.44. The maximum Gasteiger partial charge on any atom is 0.129 e. The second-order valence-corrected chi connectivity index (χ2v) is 5.29. The lowest BCUT2D eigenvalue weighted by Crippen LogP contribution is -2.09. The van der Waals surface area contributed by atoms with Crippen molar-refractivity contribution in [3.05, 3.63) is 52.9 Å². The van der Waals surface area contributed by atoms with Crippen LogP contribution in [0, 0.1) is 17.7 Å². The summed E-state index contributed by atoms with van der Waals surface area (Å²) in [5.74, 6) is 5.36. The van der Waals surface area contributed by atoms with E-state index in [4.69, 9.17) is 5.73 Å². The second-order valence-electron chi connectivity index (χ2n) is 5.29. The first kappa shape index (κ1) is 13.8. The number of nitrogens with zero attached hydrogens (tertiary/aromatic N) is 2. The summed E-state index contributed by atoms with van der Waals surface area (Å²) in [5.41, 5.74) is 9.08. The summed E-state index contributed by atoms with van der Waals surface area (Å²) in [6.07, 6.45) is 6.30. The number of fused-ring (bicyclic) bond motifs is 1. The van der Waals surface area contributed by atoms with Gasteiger partial charge in [-0.15, -0.1) is 0 Å². The van der Waals surface area contributed by atoms with E-state index in [2.05, 4.69) is 21.4 Å². The van der Waals surface area contributed by atoms with Crippen LogP contribution in [0.1, 0.15) is 35.4 Å². The highest BCUT2D eigenvalue weighted by Crippen LogP contribution is 2.21. The normalized spacial score (nSPS) is 13.4. The average molecular weight is 283 g/mol. The molecule has 2 N–H and O–H groups in total. The summed E-state index contributed by atoms with van der Waals surface area (Å²) >= 11 is 0. The maximum absolute atomic E-state index is 14.2. The fourth-order valence-electron chi connectivity index (χ4n) is 2.76. The Labute approximate surface area is 124 Å². The SMILES string of the molecule is NCC#Cc1ccc(Cn2cnc3c2CCCC3)c(F)c1. The topological polar surface area (TPSA) is 43.8 Å². The van der Waals surface area contributed by atoms with Crippen molar-refractivity contribution in [3.63, 3.8) is 0 Å². The van der Waals surface area contributed by atoms with Crippen LogP contribution < -0.4 is 5.73 Å². The average Bonchev–Trinajstić information content (AvgIpc) is 2.91. The van der Waals surface area contributed by atoms with E-state index in [1.807, 2.05) is 12.4 Å². The van der Waals surface area contributed by atoms with Crippen LogP contribution in [0.3, 0.4) is 0 Å². The van der Waals surface area contributed by atoms with Crippen molar-refractivity contribution in [2.24, 2.45) is 5.73 Å². The lowest BCUT2D eigenvalue weighted by molar-refractivity contribution is 0.585. The molecule has 0 radical (unpaired) electrons. The molecule has 4 heteroatoms. The fourth-order valence-corrected chi connectivity index (χ4v) is 2.76. The molecule has 1 heterocycles. The standard InChI is InChI=1S/C17H18FN3/c18-15-10-13(4-3-9-19)7-8-14(15)11-21-12-20-16-5-1-2-6-17(16)21/h7-8,10,12H,1-2,5-6,9,11,19H2. The molecule has 0 unspecified atom stereocenters. The van der Waals surface area contributed by atoms with Gasteiger partial charge in [0.1, 0.15) is 5.82 Å². The molecule has 1 aliphatic rings. The van der Waals surface area contributed by atoms with E-state index in [9.17, 15) is 4.39 Å². The fraction of sp³-hybridized carbons (Fsp3) is 0.353. The number of halogens is 1. The highest BCUT2D eigenvalue weighted by atomic mass is 19.1. The van der Waals surface area contributed by atoms with E-state index in [0.29, 0.717) is 17.7 Å². The predicted octanol–water partition coefficient (Wildman–Crippen LogP) is 2.26. The molecular formula is C17H18FN3. The molecule has 3 rings (SSSR count). The zero-order valence-electron chi connectivity index (χ0n) is 11.9. The number of hydrogen-bond donors (Lipinski definition) is 1. The van der Waals surface area contributed by atoms with E-state index in [-0.39, 0.29) is 12.4 Å². The lowest BCUT2D eigenvalue weighted by Gasteiger charge is -2.14. The van der Waals surface area contributed by atoms with Crippen molar-refractivity contribution in [1.82, 2.24) is 9.55 Å². The van der Waals surface area contributed by atoms with Gasteiger partial charge in [0, 0.05) is 16.8 Å². The van der Waals surface area contributed by atoms with Gasteiger partial charge in [0.05, 0.1) is 25.1 Å². The molecule has 0 aliphatic heterocycles. The van der Waals surface area contributed by atoms with Gasteiger partial charge < -0.3 is 10.3 Å². The first-order chi connectivity index (χ1) is 10.3. The minimum atomic E-state index is -0.225.